The number of anilines is 1. The van der Waals surface area contributed by atoms with Gasteiger partial charge in [0.05, 0.1) is 16.9 Å². The van der Waals surface area contributed by atoms with Gasteiger partial charge in [0.2, 0.25) is 0 Å². The van der Waals surface area contributed by atoms with E-state index in [0.29, 0.717) is 0 Å². The van der Waals surface area contributed by atoms with E-state index in [1.54, 1.807) is 7.11 Å². The van der Waals surface area contributed by atoms with E-state index in [1.165, 1.54) is 22.2 Å². The first kappa shape index (κ1) is 18.3. The number of carbonyl (C=O) groups excluding carboxylic acids is 1. The molecule has 5 heteroatoms. The number of carbonyl (C=O) groups is 1. The Labute approximate surface area is 171 Å². The van der Waals surface area contributed by atoms with Crippen LogP contribution in [0.3, 0.4) is 0 Å². The molecule has 1 amide bonds. The molecule has 0 spiro atoms. The van der Waals surface area contributed by atoms with E-state index in [4.69, 9.17) is 4.74 Å². The highest BCUT2D eigenvalue weighted by Crippen LogP contribution is 2.44. The van der Waals surface area contributed by atoms with Gasteiger partial charge in [0.25, 0.3) is 5.91 Å². The zero-order valence-electron chi connectivity index (χ0n) is 17.1. The Hall–Kier alpha value is -2.79. The van der Waals surface area contributed by atoms with Crippen molar-refractivity contribution in [2.45, 2.75) is 32.0 Å². The van der Waals surface area contributed by atoms with Gasteiger partial charge in [-0.1, -0.05) is 30.3 Å². The summed E-state index contributed by atoms with van der Waals surface area (Å²) in [6, 6.07) is 16.7. The van der Waals surface area contributed by atoms with Gasteiger partial charge in [0, 0.05) is 44.8 Å². The zero-order valence-corrected chi connectivity index (χ0v) is 17.1. The van der Waals surface area contributed by atoms with Crippen molar-refractivity contribution in [1.82, 2.24) is 9.47 Å². The standard InChI is InChI=1S/C24H27N3O2/c1-25-20-11-5-4-10-19(20)24(28)27-15-13-18-17-9-3-6-12-21(17)26(22(18)23(25)27)14-7-8-16-29-2/h3-6,9-12,23H,7-8,13-16H2,1-2H3/t23-/m0/s1. The molecular formula is C24H27N3O2. The largest absolute Gasteiger partial charge is 0.385 e. The molecule has 0 bridgehead atoms. The Balaban J connectivity index is 1.65. The molecule has 1 atom stereocenters. The first-order valence-corrected chi connectivity index (χ1v) is 10.4. The molecule has 0 saturated carbocycles. The van der Waals surface area contributed by atoms with Gasteiger partial charge in [-0.2, -0.15) is 0 Å². The maximum Gasteiger partial charge on any atom is 0.257 e. The van der Waals surface area contributed by atoms with Crippen LogP contribution < -0.4 is 4.90 Å². The smallest absolute Gasteiger partial charge is 0.257 e. The van der Waals surface area contributed by atoms with Crippen molar-refractivity contribution >= 4 is 22.5 Å². The molecule has 5 rings (SSSR count). The molecule has 3 heterocycles. The second-order valence-corrected chi connectivity index (χ2v) is 7.98. The molecule has 3 aromatic rings. The van der Waals surface area contributed by atoms with E-state index in [1.807, 2.05) is 18.2 Å². The summed E-state index contributed by atoms with van der Waals surface area (Å²) >= 11 is 0. The van der Waals surface area contributed by atoms with Crippen molar-refractivity contribution in [2.75, 3.05) is 32.2 Å². The van der Waals surface area contributed by atoms with Gasteiger partial charge < -0.3 is 19.1 Å². The van der Waals surface area contributed by atoms with Crippen molar-refractivity contribution in [3.8, 4) is 0 Å². The summed E-state index contributed by atoms with van der Waals surface area (Å²) in [5.41, 5.74) is 5.77. The maximum atomic E-state index is 13.3. The van der Waals surface area contributed by atoms with Crippen LogP contribution in [0.25, 0.3) is 10.9 Å². The molecule has 2 aliphatic rings. The average molecular weight is 389 g/mol. The number of nitrogens with zero attached hydrogens (tertiary/aromatic N) is 3. The number of ether oxygens (including phenoxy) is 1. The number of aryl methyl sites for hydroxylation is 1. The van der Waals surface area contributed by atoms with Crippen molar-refractivity contribution in [3.05, 3.63) is 65.4 Å². The highest BCUT2D eigenvalue weighted by Gasteiger charge is 2.42. The molecule has 2 aromatic carbocycles. The van der Waals surface area contributed by atoms with Gasteiger partial charge in [0.15, 0.2) is 0 Å². The maximum absolute atomic E-state index is 13.3. The fraction of sp³-hybridized carbons (Fsp3) is 0.375. The molecule has 5 nitrogen and oxygen atoms in total. The van der Waals surface area contributed by atoms with E-state index >= 15 is 0 Å². The minimum absolute atomic E-state index is 0.0593. The molecule has 2 aliphatic heterocycles. The third-order valence-corrected chi connectivity index (χ3v) is 6.38. The second-order valence-electron chi connectivity index (χ2n) is 7.98. The summed E-state index contributed by atoms with van der Waals surface area (Å²) in [4.78, 5) is 17.6. The lowest BCUT2D eigenvalue weighted by Gasteiger charge is -2.46. The number of para-hydroxylation sites is 2. The fourth-order valence-electron chi connectivity index (χ4n) is 5.07. The summed E-state index contributed by atoms with van der Waals surface area (Å²) in [7, 11) is 3.87. The van der Waals surface area contributed by atoms with Crippen LogP contribution in [-0.4, -0.2) is 42.7 Å². The summed E-state index contributed by atoms with van der Waals surface area (Å²) in [6.07, 6.45) is 2.93. The molecule has 0 radical (unpaired) electrons. The third-order valence-electron chi connectivity index (χ3n) is 6.38. The Morgan fingerprint density at radius 1 is 1.07 bits per heavy atom. The number of aromatic nitrogens is 1. The van der Waals surface area contributed by atoms with Gasteiger partial charge in [-0.25, -0.2) is 0 Å². The lowest BCUT2D eigenvalue weighted by molar-refractivity contribution is 0.0629. The minimum Gasteiger partial charge on any atom is -0.385 e. The van der Waals surface area contributed by atoms with Gasteiger partial charge in [-0.3, -0.25) is 4.79 Å². The highest BCUT2D eigenvalue weighted by atomic mass is 16.5. The third kappa shape index (κ3) is 2.76. The number of benzene rings is 2. The Morgan fingerprint density at radius 3 is 2.72 bits per heavy atom. The van der Waals surface area contributed by atoms with Crippen LogP contribution >= 0.6 is 0 Å². The first-order valence-electron chi connectivity index (χ1n) is 10.4. The van der Waals surface area contributed by atoms with Crippen LogP contribution in [0.5, 0.6) is 0 Å². The summed E-state index contributed by atoms with van der Waals surface area (Å²) in [6.45, 7) is 2.47. The summed E-state index contributed by atoms with van der Waals surface area (Å²) in [5.74, 6) is 0.144. The van der Waals surface area contributed by atoms with Crippen LogP contribution in [0, 0.1) is 0 Å². The molecule has 29 heavy (non-hydrogen) atoms. The predicted octanol–water partition coefficient (Wildman–Crippen LogP) is 4.21. The van der Waals surface area contributed by atoms with Gasteiger partial charge >= 0.3 is 0 Å². The Bertz CT molecular complexity index is 1070. The number of rotatable bonds is 5. The number of amides is 1. The number of methoxy groups -OCH3 is 1. The highest BCUT2D eigenvalue weighted by molar-refractivity contribution is 6.02. The molecule has 150 valence electrons. The monoisotopic (exact) mass is 389 g/mol. The van der Waals surface area contributed by atoms with E-state index < -0.39 is 0 Å². The SMILES string of the molecule is COCCCCn1c2c(c3ccccc31)CCN1C(=O)c3ccccc3N(C)[C@H]21. The normalized spacial score (nSPS) is 18.0. The van der Waals surface area contributed by atoms with Crippen LogP contribution in [0.15, 0.2) is 48.5 Å². The Kier molecular flexibility index (Phi) is 4.55. The molecule has 0 saturated heterocycles. The van der Waals surface area contributed by atoms with Gasteiger partial charge in [0.1, 0.15) is 6.17 Å². The molecular weight excluding hydrogens is 362 g/mol. The minimum atomic E-state index is -0.0593. The predicted molar refractivity (Wildman–Crippen MR) is 115 cm³/mol. The number of fused-ring (bicyclic) bond motifs is 6. The number of hydrogen-bond donors (Lipinski definition) is 0. The van der Waals surface area contributed by atoms with Crippen molar-refractivity contribution < 1.29 is 9.53 Å². The molecule has 0 fully saturated rings. The van der Waals surface area contributed by atoms with Crippen LogP contribution in [0.1, 0.15) is 40.6 Å². The van der Waals surface area contributed by atoms with Crippen molar-refractivity contribution in [2.24, 2.45) is 0 Å². The molecule has 0 aliphatic carbocycles. The van der Waals surface area contributed by atoms with E-state index in [0.717, 1.165) is 50.2 Å². The molecule has 0 N–H and O–H groups in total. The lowest BCUT2D eigenvalue weighted by Crippen LogP contribution is -2.51. The van der Waals surface area contributed by atoms with E-state index in [9.17, 15) is 4.79 Å². The fourth-order valence-corrected chi connectivity index (χ4v) is 5.07. The van der Waals surface area contributed by atoms with E-state index in [2.05, 4.69) is 51.7 Å². The van der Waals surface area contributed by atoms with Crippen molar-refractivity contribution in [1.29, 1.82) is 0 Å². The molecule has 0 unspecified atom stereocenters. The zero-order chi connectivity index (χ0) is 20.0. The summed E-state index contributed by atoms with van der Waals surface area (Å²) in [5, 5.41) is 1.33. The average Bonchev–Trinajstić information content (AvgIpc) is 3.08. The van der Waals surface area contributed by atoms with Gasteiger partial charge in [-0.05, 0) is 43.0 Å². The number of hydrogen-bond acceptors (Lipinski definition) is 3. The number of unbranched alkanes of at least 4 members (excludes halogenated alkanes) is 1. The van der Waals surface area contributed by atoms with Crippen LogP contribution in [0.4, 0.5) is 5.69 Å². The van der Waals surface area contributed by atoms with Gasteiger partial charge in [-0.15, -0.1) is 0 Å². The Morgan fingerprint density at radius 2 is 1.86 bits per heavy atom. The van der Waals surface area contributed by atoms with Crippen molar-refractivity contribution in [3.63, 3.8) is 0 Å². The van der Waals surface area contributed by atoms with E-state index in [-0.39, 0.29) is 12.1 Å². The second kappa shape index (κ2) is 7.23. The first-order chi connectivity index (χ1) is 14.2. The summed E-state index contributed by atoms with van der Waals surface area (Å²) < 4.78 is 7.70. The quantitative estimate of drug-likeness (QED) is 0.614. The van der Waals surface area contributed by atoms with Crippen LogP contribution in [0.2, 0.25) is 0 Å². The lowest BCUT2D eigenvalue weighted by atomic mass is 9.96. The molecule has 1 aromatic heterocycles. The topological polar surface area (TPSA) is 37.7 Å². The van der Waals surface area contributed by atoms with Crippen LogP contribution in [-0.2, 0) is 17.7 Å².